The summed E-state index contributed by atoms with van der Waals surface area (Å²) in [6.07, 6.45) is 1.49. The zero-order valence-electron chi connectivity index (χ0n) is 11.2. The van der Waals surface area contributed by atoms with Gasteiger partial charge in [0.05, 0.1) is 0 Å². The average Bonchev–Trinajstić information content (AvgIpc) is 2.46. The minimum atomic E-state index is 0.0675. The normalized spacial score (nSPS) is 14.0. The van der Waals surface area contributed by atoms with E-state index in [0.717, 1.165) is 5.98 Å². The van der Waals surface area contributed by atoms with Gasteiger partial charge in [0.25, 0.3) is 0 Å². The molecule has 0 heterocycles. The second-order valence-corrected chi connectivity index (χ2v) is 5.04. The van der Waals surface area contributed by atoms with E-state index >= 15 is 0 Å². The SMILES string of the molecule is [B]/C=C([B])/C([B])=C([B])\C([B])=C\c1c([B])cc([B])c(Br)c1[B]. The third-order valence-electron chi connectivity index (χ3n) is 2.79. The van der Waals surface area contributed by atoms with E-state index in [1.165, 1.54) is 6.08 Å². The number of hydrogen-bond acceptors (Lipinski definition) is 0. The first-order valence-electron chi connectivity index (χ1n) is 5.74. The Labute approximate surface area is 145 Å². The van der Waals surface area contributed by atoms with Crippen LogP contribution in [0, 0.1) is 0 Å². The van der Waals surface area contributed by atoms with Crippen molar-refractivity contribution in [2.24, 2.45) is 0 Å². The van der Waals surface area contributed by atoms with Gasteiger partial charge in [-0.15, -0.1) is 27.9 Å². The maximum absolute atomic E-state index is 5.94. The zero-order chi connectivity index (χ0) is 16.3. The van der Waals surface area contributed by atoms with Crippen molar-refractivity contribution in [2.45, 2.75) is 0 Å². The van der Waals surface area contributed by atoms with Crippen LogP contribution in [0.25, 0.3) is 6.08 Å². The molecular weight excluding hydrogens is 311 g/mol. The molecular formula is C12H3B8Br. The summed E-state index contributed by atoms with van der Waals surface area (Å²) in [4.78, 5) is 0. The van der Waals surface area contributed by atoms with Gasteiger partial charge >= 0.3 is 0 Å². The third-order valence-corrected chi connectivity index (χ3v) is 3.68. The van der Waals surface area contributed by atoms with Gasteiger partial charge in [-0.2, -0.15) is 0 Å². The molecule has 0 saturated heterocycles. The van der Waals surface area contributed by atoms with Crippen molar-refractivity contribution in [3.05, 3.63) is 44.0 Å². The summed E-state index contributed by atoms with van der Waals surface area (Å²) in [5.41, 5.74) is 1.97. The molecule has 82 valence electrons. The summed E-state index contributed by atoms with van der Waals surface area (Å²) >= 11 is 3.27. The minimum Gasteiger partial charge on any atom is -0.139 e. The first kappa shape index (κ1) is 18.5. The Hall–Kier alpha value is -0.561. The van der Waals surface area contributed by atoms with E-state index in [2.05, 4.69) is 15.9 Å². The smallest absolute Gasteiger partial charge is 0.116 e. The van der Waals surface area contributed by atoms with E-state index in [0.29, 0.717) is 26.4 Å². The largest absolute Gasteiger partial charge is 0.139 e. The van der Waals surface area contributed by atoms with Crippen molar-refractivity contribution in [1.29, 1.82) is 0 Å². The fourth-order valence-electron chi connectivity index (χ4n) is 1.53. The number of rotatable bonds is 3. The van der Waals surface area contributed by atoms with Gasteiger partial charge < -0.3 is 0 Å². The molecule has 0 spiro atoms. The predicted octanol–water partition coefficient (Wildman–Crippen LogP) is -1.93. The Morgan fingerprint density at radius 2 is 1.43 bits per heavy atom. The van der Waals surface area contributed by atoms with Gasteiger partial charge in [0, 0.05) is 4.47 Å². The molecule has 1 rings (SSSR count). The fourth-order valence-corrected chi connectivity index (χ4v) is 1.86. The summed E-state index contributed by atoms with van der Waals surface area (Å²) in [6, 6.07) is 1.55. The maximum atomic E-state index is 5.94. The lowest BCUT2D eigenvalue weighted by molar-refractivity contribution is 1.72. The fraction of sp³-hybridized carbons (Fsp3) is 0. The van der Waals surface area contributed by atoms with Crippen molar-refractivity contribution in [3.8, 4) is 0 Å². The molecule has 1 aromatic rings. The van der Waals surface area contributed by atoms with E-state index in [-0.39, 0.29) is 21.9 Å². The Morgan fingerprint density at radius 1 is 0.905 bits per heavy atom. The maximum Gasteiger partial charge on any atom is 0.116 e. The van der Waals surface area contributed by atoms with Crippen LogP contribution in [-0.2, 0) is 0 Å². The first-order valence-corrected chi connectivity index (χ1v) is 6.53. The predicted molar refractivity (Wildman–Crippen MR) is 102 cm³/mol. The summed E-state index contributed by atoms with van der Waals surface area (Å²) in [5.74, 6) is 1.12. The van der Waals surface area contributed by atoms with Gasteiger partial charge in [0.2, 0.25) is 0 Å². The molecule has 0 nitrogen and oxygen atoms in total. The van der Waals surface area contributed by atoms with Crippen molar-refractivity contribution in [1.82, 2.24) is 0 Å². The highest BCUT2D eigenvalue weighted by atomic mass is 79.9. The van der Waals surface area contributed by atoms with Crippen molar-refractivity contribution >= 4 is 101 Å². The molecule has 0 atom stereocenters. The lowest BCUT2D eigenvalue weighted by Crippen LogP contribution is -2.29. The summed E-state index contributed by atoms with van der Waals surface area (Å²) in [6.45, 7) is 0. The van der Waals surface area contributed by atoms with E-state index in [9.17, 15) is 0 Å². The highest BCUT2D eigenvalue weighted by Crippen LogP contribution is 2.14. The molecule has 0 unspecified atom stereocenters. The van der Waals surface area contributed by atoms with Crippen LogP contribution in [-0.4, -0.2) is 62.8 Å². The Morgan fingerprint density at radius 3 is 1.95 bits per heavy atom. The van der Waals surface area contributed by atoms with Crippen molar-refractivity contribution in [3.63, 3.8) is 0 Å². The molecule has 0 aliphatic carbocycles. The Kier molecular flexibility index (Phi) is 6.71. The van der Waals surface area contributed by atoms with Crippen molar-refractivity contribution < 1.29 is 0 Å². The van der Waals surface area contributed by atoms with E-state index in [4.69, 9.17) is 62.8 Å². The standard InChI is InChI=1S/C12H3B8Br/c13-3-8(17)11(20)10(19)6(15)1-4-5(14)2-7(16)12(21)9(4)18/h1-3H/b6-1-,8-3-,11-10-. The third kappa shape index (κ3) is 4.22. The highest BCUT2D eigenvalue weighted by molar-refractivity contribution is 9.10. The van der Waals surface area contributed by atoms with Gasteiger partial charge in [0.15, 0.2) is 0 Å². The van der Waals surface area contributed by atoms with Crippen LogP contribution >= 0.6 is 15.9 Å². The summed E-state index contributed by atoms with van der Waals surface area (Å²) < 4.78 is 0.521. The van der Waals surface area contributed by atoms with Gasteiger partial charge in [-0.1, -0.05) is 44.5 Å². The minimum absolute atomic E-state index is 0.0675. The number of benzene rings is 1. The number of allylic oxidation sites excluding steroid dienone is 4. The molecule has 0 saturated carbocycles. The monoisotopic (exact) mass is 314 g/mol. The molecule has 0 fully saturated rings. The topological polar surface area (TPSA) is 0 Å². The van der Waals surface area contributed by atoms with Crippen molar-refractivity contribution in [2.75, 3.05) is 0 Å². The Balaban J connectivity index is 3.42. The highest BCUT2D eigenvalue weighted by Gasteiger charge is 2.07. The summed E-state index contributed by atoms with van der Waals surface area (Å²) in [5, 5.41) is 0. The van der Waals surface area contributed by atoms with Crippen LogP contribution in [0.3, 0.4) is 0 Å². The van der Waals surface area contributed by atoms with Gasteiger partial charge in [-0.3, -0.25) is 0 Å². The van der Waals surface area contributed by atoms with E-state index < -0.39 is 0 Å². The molecule has 9 heteroatoms. The molecule has 21 heavy (non-hydrogen) atoms. The Bertz CT molecular complexity index is 660. The second-order valence-electron chi connectivity index (χ2n) is 4.25. The van der Waals surface area contributed by atoms with Gasteiger partial charge in [0.1, 0.15) is 62.8 Å². The molecule has 0 aromatic heterocycles. The zero-order valence-corrected chi connectivity index (χ0v) is 12.8. The quantitative estimate of drug-likeness (QED) is 0.450. The molecule has 16 radical (unpaired) electrons. The average molecular weight is 314 g/mol. The molecule has 0 N–H and O–H groups in total. The van der Waals surface area contributed by atoms with E-state index in [1.54, 1.807) is 6.07 Å². The van der Waals surface area contributed by atoms with Crippen LogP contribution in [0.4, 0.5) is 0 Å². The van der Waals surface area contributed by atoms with Gasteiger partial charge in [-0.05, 0) is 5.56 Å². The number of halogens is 1. The first-order chi connectivity index (χ1) is 9.70. The number of hydrogen-bond donors (Lipinski definition) is 0. The lowest BCUT2D eigenvalue weighted by Gasteiger charge is -2.16. The van der Waals surface area contributed by atoms with Crippen LogP contribution < -0.4 is 16.4 Å². The second kappa shape index (κ2) is 7.63. The molecule has 1 aromatic carbocycles. The lowest BCUT2D eigenvalue weighted by atomic mass is 9.63. The molecule has 0 bridgehead atoms. The van der Waals surface area contributed by atoms with Crippen LogP contribution in [0.15, 0.2) is 38.4 Å². The molecule has 0 aliphatic heterocycles. The molecule has 0 aliphatic rings. The summed E-state index contributed by atoms with van der Waals surface area (Å²) in [7, 11) is 45.8. The van der Waals surface area contributed by atoms with E-state index in [1.807, 2.05) is 0 Å². The van der Waals surface area contributed by atoms with Crippen LogP contribution in [0.2, 0.25) is 0 Å². The van der Waals surface area contributed by atoms with Gasteiger partial charge in [-0.25, -0.2) is 0 Å². The van der Waals surface area contributed by atoms with Crippen LogP contribution in [0.5, 0.6) is 0 Å². The van der Waals surface area contributed by atoms with Crippen LogP contribution in [0.1, 0.15) is 5.56 Å². The molecule has 0 amide bonds.